The van der Waals surface area contributed by atoms with Gasteiger partial charge in [-0.15, -0.1) is 0 Å². The molecule has 0 saturated carbocycles. The number of furan rings is 1. The minimum atomic E-state index is -2.58. The molecule has 1 atom stereocenters. The van der Waals surface area contributed by atoms with E-state index >= 15 is 0 Å². The predicted octanol–water partition coefficient (Wildman–Crippen LogP) is 5.99. The summed E-state index contributed by atoms with van der Waals surface area (Å²) in [6, 6.07) is 22.9. The Hall–Kier alpha value is -1.96. The van der Waals surface area contributed by atoms with E-state index < -0.39 is 8.32 Å². The van der Waals surface area contributed by atoms with Crippen molar-refractivity contribution in [2.75, 3.05) is 6.61 Å². The molecule has 0 aliphatic carbocycles. The lowest BCUT2D eigenvalue weighted by atomic mass is 10.1. The molecule has 1 unspecified atom stereocenters. The summed E-state index contributed by atoms with van der Waals surface area (Å²) >= 11 is 2.25. The second kappa shape index (κ2) is 10.1. The molecule has 31 heavy (non-hydrogen) atoms. The third kappa shape index (κ3) is 5.27. The average molecular weight is 545 g/mol. The molecule has 0 bridgehead atoms. The quantitative estimate of drug-likeness (QED) is 0.151. The van der Waals surface area contributed by atoms with Crippen LogP contribution in [-0.4, -0.2) is 20.7 Å². The number of carbonyl (C=O) groups is 1. The van der Waals surface area contributed by atoms with Gasteiger partial charge in [0, 0.05) is 12.5 Å². The van der Waals surface area contributed by atoms with Crippen molar-refractivity contribution >= 4 is 47.1 Å². The van der Waals surface area contributed by atoms with E-state index in [1.54, 1.807) is 12.1 Å². The maximum Gasteiger partial charge on any atom is 0.261 e. The average Bonchev–Trinajstić information content (AvgIpc) is 3.29. The van der Waals surface area contributed by atoms with Gasteiger partial charge in [-0.3, -0.25) is 4.79 Å². The molecule has 5 heteroatoms. The summed E-state index contributed by atoms with van der Waals surface area (Å²) in [6.45, 7) is 9.47. The summed E-state index contributed by atoms with van der Waals surface area (Å²) in [6.07, 6.45) is 4.68. The molecule has 3 aromatic rings. The van der Waals surface area contributed by atoms with Crippen molar-refractivity contribution < 1.29 is 13.6 Å². The summed E-state index contributed by atoms with van der Waals surface area (Å²) in [5, 5.41) is 2.45. The Balaban J connectivity index is 1.93. The van der Waals surface area contributed by atoms with Gasteiger partial charge < -0.3 is 8.84 Å². The number of hydrogen-bond acceptors (Lipinski definition) is 3. The molecule has 0 spiro atoms. The van der Waals surface area contributed by atoms with E-state index in [0.29, 0.717) is 12.2 Å². The molecule has 162 valence electrons. The lowest BCUT2D eigenvalue weighted by Crippen LogP contribution is -2.66. The van der Waals surface area contributed by atoms with Gasteiger partial charge in [0.25, 0.3) is 8.32 Å². The third-order valence-corrected chi connectivity index (χ3v) is 11.9. The first-order valence-electron chi connectivity index (χ1n) is 10.4. The fraction of sp³-hybridized carbons (Fsp3) is 0.269. The summed E-state index contributed by atoms with van der Waals surface area (Å²) < 4.78 is 13.0. The molecule has 3 nitrogen and oxygen atoms in total. The number of hydrogen-bond donors (Lipinski definition) is 0. The minimum absolute atomic E-state index is 0.0459. The largest absolute Gasteiger partial charge is 0.472 e. The van der Waals surface area contributed by atoms with E-state index in [4.69, 9.17) is 8.84 Å². The lowest BCUT2D eigenvalue weighted by molar-refractivity contribution is 0.104. The van der Waals surface area contributed by atoms with Gasteiger partial charge in [-0.1, -0.05) is 88.4 Å². The Labute approximate surface area is 199 Å². The Morgan fingerprint density at radius 2 is 1.58 bits per heavy atom. The van der Waals surface area contributed by atoms with Gasteiger partial charge in [0.1, 0.15) is 6.26 Å². The van der Waals surface area contributed by atoms with Crippen LogP contribution in [0.3, 0.4) is 0 Å². The second-order valence-electron chi connectivity index (χ2n) is 8.78. The van der Waals surface area contributed by atoms with Crippen molar-refractivity contribution in [1.82, 2.24) is 0 Å². The van der Waals surface area contributed by atoms with Gasteiger partial charge in [0.2, 0.25) is 0 Å². The number of carbonyl (C=O) groups excluding carboxylic acids is 1. The molecule has 0 aliphatic heterocycles. The molecular formula is C26H29IO3Si. The Kier molecular flexibility index (Phi) is 7.72. The lowest BCUT2D eigenvalue weighted by Gasteiger charge is -2.43. The van der Waals surface area contributed by atoms with Gasteiger partial charge in [0.05, 0.1) is 11.8 Å². The van der Waals surface area contributed by atoms with Crippen molar-refractivity contribution in [2.45, 2.75) is 32.7 Å². The molecule has 1 aromatic heterocycles. The van der Waals surface area contributed by atoms with Crippen LogP contribution >= 0.6 is 22.6 Å². The van der Waals surface area contributed by atoms with E-state index in [2.05, 4.69) is 98.8 Å². The Bertz CT molecular complexity index is 966. The molecule has 0 aliphatic rings. The van der Waals surface area contributed by atoms with Crippen molar-refractivity contribution in [1.29, 1.82) is 0 Å². The van der Waals surface area contributed by atoms with E-state index in [-0.39, 0.29) is 16.7 Å². The molecular weight excluding hydrogens is 515 g/mol. The van der Waals surface area contributed by atoms with Gasteiger partial charge in [-0.2, -0.15) is 0 Å². The van der Waals surface area contributed by atoms with Crippen LogP contribution in [0.25, 0.3) is 0 Å². The van der Waals surface area contributed by atoms with Crippen LogP contribution in [0, 0.1) is 5.92 Å². The van der Waals surface area contributed by atoms with Crippen LogP contribution in [0.2, 0.25) is 5.04 Å². The van der Waals surface area contributed by atoms with Gasteiger partial charge >= 0.3 is 0 Å². The summed E-state index contributed by atoms with van der Waals surface area (Å²) in [4.78, 5) is 12.5. The number of halogens is 1. The van der Waals surface area contributed by atoms with Gasteiger partial charge in [-0.25, -0.2) is 0 Å². The van der Waals surface area contributed by atoms with Crippen molar-refractivity contribution in [3.05, 3.63) is 94.5 Å². The molecule has 2 aromatic carbocycles. The molecule has 0 saturated heterocycles. The fourth-order valence-electron chi connectivity index (χ4n) is 3.85. The number of rotatable bonds is 8. The predicted molar refractivity (Wildman–Crippen MR) is 138 cm³/mol. The standard InChI is InChI=1S/C26H29IO3Si/c1-20(24(27)17-25(28)21-15-16-29-19-21)18-30-31(26(2,3)4,22-11-7-5-8-12-22)23-13-9-6-10-14-23/h5-17,19-20H,18H2,1-4H3/b24-17-. The highest BCUT2D eigenvalue weighted by molar-refractivity contribution is 14.1. The minimum Gasteiger partial charge on any atom is -0.472 e. The highest BCUT2D eigenvalue weighted by Crippen LogP contribution is 2.37. The number of ketones is 1. The van der Waals surface area contributed by atoms with Crippen LogP contribution in [0.4, 0.5) is 0 Å². The first-order valence-corrected chi connectivity index (χ1v) is 13.4. The molecule has 0 radical (unpaired) electrons. The van der Waals surface area contributed by atoms with E-state index in [9.17, 15) is 4.79 Å². The van der Waals surface area contributed by atoms with E-state index in [1.165, 1.54) is 22.9 Å². The molecule has 3 rings (SSSR count). The highest BCUT2D eigenvalue weighted by atomic mass is 127. The number of benzene rings is 2. The zero-order valence-corrected chi connectivity index (χ0v) is 21.6. The molecule has 0 fully saturated rings. The Morgan fingerprint density at radius 3 is 2.03 bits per heavy atom. The molecule has 0 N–H and O–H groups in total. The van der Waals surface area contributed by atoms with Crippen LogP contribution < -0.4 is 10.4 Å². The zero-order valence-electron chi connectivity index (χ0n) is 18.5. The zero-order chi connectivity index (χ0) is 22.5. The maximum atomic E-state index is 12.5. The van der Waals surface area contributed by atoms with Crippen molar-refractivity contribution in [2.24, 2.45) is 5.92 Å². The smallest absolute Gasteiger partial charge is 0.261 e. The van der Waals surface area contributed by atoms with Crippen LogP contribution in [-0.2, 0) is 4.43 Å². The molecule has 0 amide bonds. The van der Waals surface area contributed by atoms with E-state index in [0.717, 1.165) is 3.58 Å². The molecule has 1 heterocycles. The third-order valence-electron chi connectivity index (χ3n) is 5.51. The Morgan fingerprint density at radius 1 is 1.03 bits per heavy atom. The van der Waals surface area contributed by atoms with Crippen molar-refractivity contribution in [3.8, 4) is 0 Å². The first kappa shape index (κ1) is 23.7. The van der Waals surface area contributed by atoms with Crippen LogP contribution in [0.15, 0.2) is 93.3 Å². The first-order chi connectivity index (χ1) is 14.8. The summed E-state index contributed by atoms with van der Waals surface area (Å²) in [5.41, 5.74) is 0.564. The normalized spacial score (nSPS) is 13.8. The number of allylic oxidation sites excluding steroid dienone is 1. The maximum absolute atomic E-state index is 12.5. The highest BCUT2D eigenvalue weighted by Gasteiger charge is 2.50. The monoisotopic (exact) mass is 544 g/mol. The van der Waals surface area contributed by atoms with Crippen LogP contribution in [0.5, 0.6) is 0 Å². The second-order valence-corrected chi connectivity index (χ2v) is 14.3. The topological polar surface area (TPSA) is 39.4 Å². The SMILES string of the molecule is CC(CO[Si](c1ccccc1)(c1ccccc1)C(C)(C)C)/C(I)=C/C(=O)c1ccoc1. The fourth-order valence-corrected chi connectivity index (χ4v) is 8.96. The van der Waals surface area contributed by atoms with Gasteiger partial charge in [0.15, 0.2) is 5.78 Å². The van der Waals surface area contributed by atoms with E-state index in [1.807, 2.05) is 12.1 Å². The van der Waals surface area contributed by atoms with Crippen LogP contribution in [0.1, 0.15) is 38.1 Å². The summed E-state index contributed by atoms with van der Waals surface area (Å²) in [5.74, 6) is 0.0496. The summed E-state index contributed by atoms with van der Waals surface area (Å²) in [7, 11) is -2.58. The van der Waals surface area contributed by atoms with Gasteiger partial charge in [-0.05, 0) is 53.7 Å². The van der Waals surface area contributed by atoms with Crippen molar-refractivity contribution in [3.63, 3.8) is 0 Å².